The third kappa shape index (κ3) is 1.15. The van der Waals surface area contributed by atoms with Crippen LogP contribution in [0.2, 0.25) is 0 Å². The average Bonchev–Trinajstić information content (AvgIpc) is 2.77. The van der Waals surface area contributed by atoms with Crippen molar-refractivity contribution in [3.63, 3.8) is 0 Å². The van der Waals surface area contributed by atoms with E-state index in [-0.39, 0.29) is 0 Å². The minimum atomic E-state index is 0.902. The first kappa shape index (κ1) is 8.88. The van der Waals surface area contributed by atoms with Gasteiger partial charge in [0.1, 0.15) is 0 Å². The van der Waals surface area contributed by atoms with Crippen LogP contribution in [0, 0.1) is 0 Å². The Kier molecular flexibility index (Phi) is 1.64. The van der Waals surface area contributed by atoms with Crippen molar-refractivity contribution in [2.75, 3.05) is 0 Å². The molecule has 0 saturated heterocycles. The predicted octanol–water partition coefficient (Wildman–Crippen LogP) is 1.98. The van der Waals surface area contributed by atoms with Crippen molar-refractivity contribution in [2.24, 2.45) is 9.98 Å². The second-order valence-corrected chi connectivity index (χ2v) is 4.32. The Morgan fingerprint density at radius 1 is 1.00 bits per heavy atom. The van der Waals surface area contributed by atoms with Gasteiger partial charge in [0.05, 0.1) is 11.0 Å². The molecule has 0 saturated carbocycles. The van der Waals surface area contributed by atoms with E-state index in [1.54, 1.807) is 0 Å². The maximum atomic E-state index is 4.66. The molecular formula is C15H10N2. The summed E-state index contributed by atoms with van der Waals surface area (Å²) < 4.78 is 0. The van der Waals surface area contributed by atoms with Gasteiger partial charge in [0.2, 0.25) is 0 Å². The van der Waals surface area contributed by atoms with E-state index < -0.39 is 0 Å². The quantitative estimate of drug-likeness (QED) is 0.551. The van der Waals surface area contributed by atoms with Gasteiger partial charge in [0.15, 0.2) is 0 Å². The number of fused-ring (bicyclic) bond motifs is 5. The van der Waals surface area contributed by atoms with Crippen molar-refractivity contribution < 1.29 is 0 Å². The summed E-state index contributed by atoms with van der Waals surface area (Å²) in [4.78, 5) is 8.88. The Hall–Kier alpha value is -2.22. The molecule has 2 heteroatoms. The summed E-state index contributed by atoms with van der Waals surface area (Å²) in [7, 11) is 0. The average molecular weight is 218 g/mol. The summed E-state index contributed by atoms with van der Waals surface area (Å²) in [5.74, 6) is 0. The molecule has 0 spiro atoms. The van der Waals surface area contributed by atoms with E-state index in [0.29, 0.717) is 0 Å². The van der Waals surface area contributed by atoms with Crippen LogP contribution >= 0.6 is 0 Å². The molecule has 0 bridgehead atoms. The van der Waals surface area contributed by atoms with Crippen LogP contribution in [-0.2, 0) is 6.42 Å². The first-order valence-electron chi connectivity index (χ1n) is 5.75. The Balaban J connectivity index is 2.16. The van der Waals surface area contributed by atoms with Crippen molar-refractivity contribution in [3.05, 3.63) is 52.5 Å². The van der Waals surface area contributed by atoms with E-state index in [0.717, 1.165) is 17.5 Å². The van der Waals surface area contributed by atoms with E-state index in [1.807, 2.05) is 18.5 Å². The third-order valence-electron chi connectivity index (χ3n) is 3.36. The number of hydrogen-bond acceptors (Lipinski definition) is 2. The van der Waals surface area contributed by atoms with Crippen LogP contribution < -0.4 is 10.6 Å². The van der Waals surface area contributed by atoms with E-state index in [4.69, 9.17) is 0 Å². The number of para-hydroxylation sites is 1. The molecule has 0 fully saturated rings. The standard InChI is InChI=1S/C15H10N2/c1-2-4-13-12(3-1)15-11-7-8-16-9-10(11)5-6-14(15)17-13/h1-6,8-9H,7H2. The Labute approximate surface area is 98.7 Å². The lowest BCUT2D eigenvalue weighted by Gasteiger charge is -2.08. The maximum absolute atomic E-state index is 4.66. The fourth-order valence-electron chi connectivity index (χ4n) is 2.58. The van der Waals surface area contributed by atoms with Gasteiger partial charge in [0, 0.05) is 30.0 Å². The largest absolute Gasteiger partial charge is 0.268 e. The number of aliphatic imine (C=N–C) groups is 1. The molecule has 4 rings (SSSR count). The molecule has 2 aromatic rings. The van der Waals surface area contributed by atoms with Gasteiger partial charge in [0.25, 0.3) is 0 Å². The number of hydrogen-bond donors (Lipinski definition) is 0. The molecule has 0 radical (unpaired) electrons. The summed E-state index contributed by atoms with van der Waals surface area (Å²) in [5.41, 5.74) is 4.98. The van der Waals surface area contributed by atoms with Gasteiger partial charge in [-0.2, -0.15) is 0 Å². The Bertz CT molecular complexity index is 770. The van der Waals surface area contributed by atoms with Gasteiger partial charge in [-0.3, -0.25) is 4.99 Å². The monoisotopic (exact) mass is 218 g/mol. The molecule has 2 aromatic carbocycles. The third-order valence-corrected chi connectivity index (χ3v) is 3.36. The van der Waals surface area contributed by atoms with Crippen LogP contribution in [0.4, 0.5) is 5.69 Å². The molecule has 2 aliphatic rings. The van der Waals surface area contributed by atoms with Crippen LogP contribution in [0.1, 0.15) is 5.56 Å². The van der Waals surface area contributed by atoms with Gasteiger partial charge < -0.3 is 0 Å². The zero-order chi connectivity index (χ0) is 11.2. The Morgan fingerprint density at radius 3 is 2.94 bits per heavy atom. The topological polar surface area (TPSA) is 24.7 Å². The highest BCUT2D eigenvalue weighted by molar-refractivity contribution is 5.84. The van der Waals surface area contributed by atoms with Crippen LogP contribution in [0.25, 0.3) is 17.3 Å². The molecule has 2 aliphatic heterocycles. The zero-order valence-corrected chi connectivity index (χ0v) is 9.22. The van der Waals surface area contributed by atoms with E-state index in [1.165, 1.54) is 21.9 Å². The SMILES string of the molecule is C1=NC=c2ccc3c(c2C1)-c1ccccc1N=3. The van der Waals surface area contributed by atoms with Gasteiger partial charge in [-0.1, -0.05) is 24.3 Å². The summed E-state index contributed by atoms with van der Waals surface area (Å²) in [6, 6.07) is 12.5. The molecule has 80 valence electrons. The van der Waals surface area contributed by atoms with E-state index in [2.05, 4.69) is 40.3 Å². The van der Waals surface area contributed by atoms with Crippen molar-refractivity contribution in [3.8, 4) is 11.1 Å². The van der Waals surface area contributed by atoms with Crippen LogP contribution in [-0.4, -0.2) is 6.21 Å². The molecule has 0 amide bonds. The summed E-state index contributed by atoms with van der Waals surface area (Å²) >= 11 is 0. The van der Waals surface area contributed by atoms with Crippen molar-refractivity contribution >= 4 is 18.1 Å². The normalized spacial score (nSPS) is 14.4. The van der Waals surface area contributed by atoms with Crippen molar-refractivity contribution in [1.29, 1.82) is 0 Å². The smallest absolute Gasteiger partial charge is 0.0719 e. The highest BCUT2D eigenvalue weighted by atomic mass is 14.8. The molecular weight excluding hydrogens is 208 g/mol. The molecule has 0 aromatic heterocycles. The van der Waals surface area contributed by atoms with Gasteiger partial charge in [-0.15, -0.1) is 0 Å². The lowest BCUT2D eigenvalue weighted by atomic mass is 9.96. The summed E-state index contributed by atoms with van der Waals surface area (Å²) in [5, 5.41) is 2.31. The lowest BCUT2D eigenvalue weighted by molar-refractivity contribution is 1.26. The minimum Gasteiger partial charge on any atom is -0.268 e. The second kappa shape index (κ2) is 3.14. The van der Waals surface area contributed by atoms with Gasteiger partial charge in [-0.25, -0.2) is 4.99 Å². The second-order valence-electron chi connectivity index (χ2n) is 4.32. The summed E-state index contributed by atoms with van der Waals surface area (Å²) in [6.45, 7) is 0. The van der Waals surface area contributed by atoms with E-state index >= 15 is 0 Å². The first-order chi connectivity index (χ1) is 8.43. The van der Waals surface area contributed by atoms with Crippen molar-refractivity contribution in [1.82, 2.24) is 0 Å². The highest BCUT2D eigenvalue weighted by Gasteiger charge is 2.17. The van der Waals surface area contributed by atoms with Crippen LogP contribution in [0.5, 0.6) is 0 Å². The van der Waals surface area contributed by atoms with Gasteiger partial charge in [-0.05, 0) is 22.9 Å². The number of rotatable bonds is 0. The predicted molar refractivity (Wildman–Crippen MR) is 69.0 cm³/mol. The van der Waals surface area contributed by atoms with Crippen molar-refractivity contribution in [2.45, 2.75) is 6.42 Å². The minimum absolute atomic E-state index is 0.902. The maximum Gasteiger partial charge on any atom is 0.0719 e. The molecule has 0 atom stereocenters. The number of nitrogens with zero attached hydrogens (tertiary/aromatic N) is 2. The number of benzene rings is 2. The van der Waals surface area contributed by atoms with E-state index in [9.17, 15) is 0 Å². The Morgan fingerprint density at radius 2 is 1.94 bits per heavy atom. The fourth-order valence-corrected chi connectivity index (χ4v) is 2.58. The molecule has 2 heterocycles. The molecule has 0 unspecified atom stereocenters. The molecule has 2 nitrogen and oxygen atoms in total. The molecule has 0 aliphatic carbocycles. The van der Waals surface area contributed by atoms with Crippen LogP contribution in [0.15, 0.2) is 46.4 Å². The fraction of sp³-hybridized carbons (Fsp3) is 0.0667. The molecule has 17 heavy (non-hydrogen) atoms. The lowest BCUT2D eigenvalue weighted by Crippen LogP contribution is -2.19. The first-order valence-corrected chi connectivity index (χ1v) is 5.75. The van der Waals surface area contributed by atoms with Crippen LogP contribution in [0.3, 0.4) is 0 Å². The van der Waals surface area contributed by atoms with Gasteiger partial charge >= 0.3 is 0 Å². The highest BCUT2D eigenvalue weighted by Crippen LogP contribution is 2.33. The molecule has 0 N–H and O–H groups in total. The zero-order valence-electron chi connectivity index (χ0n) is 9.22. The summed E-state index contributed by atoms with van der Waals surface area (Å²) in [6.07, 6.45) is 4.79.